The molecule has 0 heterocycles. The lowest BCUT2D eigenvalue weighted by Crippen LogP contribution is -2.37. The molecule has 1 amide bonds. The maximum Gasteiger partial charge on any atom is 0.254 e. The van der Waals surface area contributed by atoms with Crippen molar-refractivity contribution in [3.05, 3.63) is 29.6 Å². The number of benzene rings is 1. The zero-order valence-electron chi connectivity index (χ0n) is 9.25. The second-order valence-corrected chi connectivity index (χ2v) is 3.56. The number of phenolic OH excluding ortho intramolecular Hbond substituents is 1. The lowest BCUT2D eigenvalue weighted by atomic mass is 10.2. The van der Waals surface area contributed by atoms with Crippen molar-refractivity contribution < 1.29 is 14.3 Å². The number of carbonyl (C=O) groups excluding carboxylic acids is 1. The van der Waals surface area contributed by atoms with E-state index in [4.69, 9.17) is 5.11 Å². The zero-order valence-corrected chi connectivity index (χ0v) is 9.25. The van der Waals surface area contributed by atoms with E-state index in [1.807, 2.05) is 6.92 Å². The van der Waals surface area contributed by atoms with Crippen LogP contribution in [0.2, 0.25) is 0 Å². The molecule has 88 valence electrons. The fourth-order valence-corrected chi connectivity index (χ4v) is 1.13. The Morgan fingerprint density at radius 1 is 1.56 bits per heavy atom. The number of halogens is 1. The summed E-state index contributed by atoms with van der Waals surface area (Å²) in [7, 11) is 1.78. The van der Waals surface area contributed by atoms with Crippen LogP contribution in [0.3, 0.4) is 0 Å². The second-order valence-electron chi connectivity index (χ2n) is 3.56. The maximum absolute atomic E-state index is 13.3. The Hall–Kier alpha value is -1.62. The van der Waals surface area contributed by atoms with Crippen LogP contribution in [0.25, 0.3) is 0 Å². The molecule has 0 aliphatic rings. The summed E-state index contributed by atoms with van der Waals surface area (Å²) in [5.41, 5.74) is -0.0684. The van der Waals surface area contributed by atoms with Crippen LogP contribution in [-0.2, 0) is 0 Å². The summed E-state index contributed by atoms with van der Waals surface area (Å²) in [4.78, 5) is 11.5. The monoisotopic (exact) mass is 226 g/mol. The van der Waals surface area contributed by atoms with Gasteiger partial charge in [0.1, 0.15) is 11.6 Å². The Labute approximate surface area is 93.5 Å². The number of rotatable bonds is 4. The predicted molar refractivity (Wildman–Crippen MR) is 58.9 cm³/mol. The Kier molecular flexibility index (Phi) is 4.25. The van der Waals surface area contributed by atoms with Crippen molar-refractivity contribution in [1.82, 2.24) is 10.6 Å². The highest BCUT2D eigenvalue weighted by Crippen LogP contribution is 2.14. The van der Waals surface area contributed by atoms with Crippen molar-refractivity contribution in [2.24, 2.45) is 0 Å². The van der Waals surface area contributed by atoms with Gasteiger partial charge >= 0.3 is 0 Å². The molecule has 1 aromatic rings. The van der Waals surface area contributed by atoms with Crippen molar-refractivity contribution in [2.75, 3.05) is 13.6 Å². The first-order valence-electron chi connectivity index (χ1n) is 4.98. The topological polar surface area (TPSA) is 61.4 Å². The Morgan fingerprint density at radius 3 is 2.81 bits per heavy atom. The Bertz CT molecular complexity index is 382. The molecule has 0 aromatic heterocycles. The van der Waals surface area contributed by atoms with Crippen molar-refractivity contribution in [1.29, 1.82) is 0 Å². The first-order valence-corrected chi connectivity index (χ1v) is 4.98. The zero-order chi connectivity index (χ0) is 12.1. The maximum atomic E-state index is 13.3. The van der Waals surface area contributed by atoms with Crippen LogP contribution in [-0.4, -0.2) is 30.6 Å². The molecule has 4 nitrogen and oxygen atoms in total. The summed E-state index contributed by atoms with van der Waals surface area (Å²) in [5, 5.41) is 14.5. The third-order valence-electron chi connectivity index (χ3n) is 2.26. The normalized spacial score (nSPS) is 12.2. The van der Waals surface area contributed by atoms with Gasteiger partial charge in [0.2, 0.25) is 0 Å². The van der Waals surface area contributed by atoms with Crippen LogP contribution in [0.5, 0.6) is 5.75 Å². The molecule has 0 aliphatic heterocycles. The van der Waals surface area contributed by atoms with Gasteiger partial charge in [0.05, 0.1) is 5.56 Å². The van der Waals surface area contributed by atoms with E-state index in [-0.39, 0.29) is 17.4 Å². The number of aromatic hydroxyl groups is 1. The molecular weight excluding hydrogens is 211 g/mol. The molecule has 0 fully saturated rings. The van der Waals surface area contributed by atoms with Gasteiger partial charge in [0.25, 0.3) is 5.91 Å². The fourth-order valence-electron chi connectivity index (χ4n) is 1.13. The molecule has 1 rings (SSSR count). The number of nitrogens with one attached hydrogen (secondary N) is 2. The number of likely N-dealkylation sites (N-methyl/N-ethyl adjacent to an activating group) is 1. The van der Waals surface area contributed by atoms with Gasteiger partial charge in [-0.25, -0.2) is 4.39 Å². The molecular formula is C11H15FN2O2. The smallest absolute Gasteiger partial charge is 0.254 e. The first-order chi connectivity index (χ1) is 7.54. The molecule has 1 aromatic carbocycles. The van der Waals surface area contributed by atoms with E-state index in [1.54, 1.807) is 7.05 Å². The molecule has 1 atom stereocenters. The number of hydrogen-bond acceptors (Lipinski definition) is 3. The van der Waals surface area contributed by atoms with Gasteiger partial charge in [-0.05, 0) is 26.1 Å². The van der Waals surface area contributed by atoms with Crippen LogP contribution >= 0.6 is 0 Å². The van der Waals surface area contributed by atoms with Crippen LogP contribution in [0, 0.1) is 5.82 Å². The lowest BCUT2D eigenvalue weighted by Gasteiger charge is -2.11. The van der Waals surface area contributed by atoms with E-state index in [9.17, 15) is 9.18 Å². The molecule has 16 heavy (non-hydrogen) atoms. The average molecular weight is 226 g/mol. The van der Waals surface area contributed by atoms with Gasteiger partial charge in [-0.1, -0.05) is 0 Å². The first kappa shape index (κ1) is 12.4. The molecule has 0 radical (unpaired) electrons. The van der Waals surface area contributed by atoms with Gasteiger partial charge in [0, 0.05) is 18.7 Å². The summed E-state index contributed by atoms with van der Waals surface area (Å²) < 4.78 is 13.3. The molecule has 0 saturated carbocycles. The highest BCUT2D eigenvalue weighted by Gasteiger charge is 2.12. The molecule has 1 unspecified atom stereocenters. The van der Waals surface area contributed by atoms with Crippen molar-refractivity contribution >= 4 is 5.91 Å². The third-order valence-corrected chi connectivity index (χ3v) is 2.26. The van der Waals surface area contributed by atoms with Gasteiger partial charge < -0.3 is 15.7 Å². The van der Waals surface area contributed by atoms with E-state index >= 15 is 0 Å². The van der Waals surface area contributed by atoms with Crippen molar-refractivity contribution in [2.45, 2.75) is 13.0 Å². The number of amides is 1. The quantitative estimate of drug-likeness (QED) is 0.714. The number of carbonyl (C=O) groups is 1. The van der Waals surface area contributed by atoms with E-state index in [0.717, 1.165) is 6.07 Å². The molecule has 0 spiro atoms. The number of hydrogen-bond donors (Lipinski definition) is 3. The van der Waals surface area contributed by atoms with Crippen molar-refractivity contribution in [3.8, 4) is 5.75 Å². The molecule has 5 heteroatoms. The van der Waals surface area contributed by atoms with E-state index in [0.29, 0.717) is 6.54 Å². The summed E-state index contributed by atoms with van der Waals surface area (Å²) in [6.07, 6.45) is 0. The standard InChI is InChI=1S/C11H15FN2O2/c1-7(13-2)6-14-11(16)9-4-3-8(15)5-10(9)12/h3-5,7,13,15H,6H2,1-2H3,(H,14,16). The van der Waals surface area contributed by atoms with Gasteiger partial charge in [-0.15, -0.1) is 0 Å². The highest BCUT2D eigenvalue weighted by atomic mass is 19.1. The SMILES string of the molecule is CNC(C)CNC(=O)c1ccc(O)cc1F. The van der Waals surface area contributed by atoms with E-state index in [1.165, 1.54) is 12.1 Å². The summed E-state index contributed by atoms with van der Waals surface area (Å²) in [6.45, 7) is 2.31. The van der Waals surface area contributed by atoms with E-state index < -0.39 is 11.7 Å². The van der Waals surface area contributed by atoms with Crippen LogP contribution in [0.4, 0.5) is 4.39 Å². The largest absolute Gasteiger partial charge is 0.508 e. The Morgan fingerprint density at radius 2 is 2.25 bits per heavy atom. The van der Waals surface area contributed by atoms with Crippen LogP contribution in [0.1, 0.15) is 17.3 Å². The van der Waals surface area contributed by atoms with E-state index in [2.05, 4.69) is 10.6 Å². The summed E-state index contributed by atoms with van der Waals surface area (Å²) >= 11 is 0. The van der Waals surface area contributed by atoms with Crippen LogP contribution < -0.4 is 10.6 Å². The van der Waals surface area contributed by atoms with Crippen LogP contribution in [0.15, 0.2) is 18.2 Å². The minimum Gasteiger partial charge on any atom is -0.508 e. The van der Waals surface area contributed by atoms with Crippen molar-refractivity contribution in [3.63, 3.8) is 0 Å². The predicted octanol–water partition coefficient (Wildman–Crippen LogP) is 0.869. The van der Waals surface area contributed by atoms with Gasteiger partial charge in [-0.3, -0.25) is 4.79 Å². The molecule has 0 saturated heterocycles. The second kappa shape index (κ2) is 5.46. The molecule has 0 bridgehead atoms. The number of phenols is 1. The summed E-state index contributed by atoms with van der Waals surface area (Å²) in [5.74, 6) is -1.41. The third kappa shape index (κ3) is 3.20. The Balaban J connectivity index is 2.66. The highest BCUT2D eigenvalue weighted by molar-refractivity contribution is 5.94. The molecule has 3 N–H and O–H groups in total. The minimum atomic E-state index is -0.727. The minimum absolute atomic E-state index is 0.0684. The molecule has 0 aliphatic carbocycles. The lowest BCUT2D eigenvalue weighted by molar-refractivity contribution is 0.0946. The average Bonchev–Trinajstić information content (AvgIpc) is 2.25. The van der Waals surface area contributed by atoms with Gasteiger partial charge in [-0.2, -0.15) is 0 Å². The fraction of sp³-hybridized carbons (Fsp3) is 0.364. The summed E-state index contributed by atoms with van der Waals surface area (Å²) in [6, 6.07) is 3.56. The van der Waals surface area contributed by atoms with Gasteiger partial charge in [0.15, 0.2) is 0 Å².